The Kier molecular flexibility index (Phi) is 4.05. The van der Waals surface area contributed by atoms with Crippen molar-refractivity contribution in [3.05, 3.63) is 29.8 Å². The van der Waals surface area contributed by atoms with Crippen molar-refractivity contribution in [3.63, 3.8) is 0 Å². The lowest BCUT2D eigenvalue weighted by atomic mass is 10.2. The summed E-state index contributed by atoms with van der Waals surface area (Å²) in [6.07, 6.45) is -5.74. The predicted octanol–water partition coefficient (Wildman–Crippen LogP) is 1.62. The molecule has 0 aliphatic rings. The fourth-order valence-corrected chi connectivity index (χ4v) is 1.47. The second-order valence-electron chi connectivity index (χ2n) is 3.98. The molecule has 112 valence electrons. The molecule has 10 heteroatoms. The predicted molar refractivity (Wildman–Crippen MR) is 64.3 cm³/mol. The van der Waals surface area contributed by atoms with Gasteiger partial charge in [-0.1, -0.05) is 17.2 Å². The quantitative estimate of drug-likeness (QED) is 0.895. The standard InChI is InChI=1S/C11H10F3N5O2/c1-6(9(20)15-10-16-18-19-17-10)21-8-5-3-2-4-7(8)11(12,13)14/h2-6H,1H3,(H2,15,16,17,18,19,20)/t6-/m1/s1. The number of H-pyrrole nitrogens is 1. The van der Waals surface area contributed by atoms with E-state index in [1.165, 1.54) is 19.1 Å². The van der Waals surface area contributed by atoms with E-state index < -0.39 is 29.5 Å². The second kappa shape index (κ2) is 5.77. The van der Waals surface area contributed by atoms with Crippen LogP contribution >= 0.6 is 0 Å². The maximum atomic E-state index is 12.8. The Morgan fingerprint density at radius 1 is 1.38 bits per heavy atom. The SMILES string of the molecule is C[C@@H](Oc1ccccc1C(F)(F)F)C(=O)Nc1nn[nH]n1. The summed E-state index contributed by atoms with van der Waals surface area (Å²) in [5.74, 6) is -1.23. The third-order valence-electron chi connectivity index (χ3n) is 2.45. The molecule has 0 aliphatic carbocycles. The van der Waals surface area contributed by atoms with E-state index in [0.29, 0.717) is 0 Å². The first kappa shape index (κ1) is 14.8. The number of hydrogen-bond donors (Lipinski definition) is 2. The molecule has 0 unspecified atom stereocenters. The summed E-state index contributed by atoms with van der Waals surface area (Å²) < 4.78 is 43.4. The maximum absolute atomic E-state index is 12.8. The second-order valence-corrected chi connectivity index (χ2v) is 3.98. The van der Waals surface area contributed by atoms with Gasteiger partial charge in [-0.3, -0.25) is 10.1 Å². The largest absolute Gasteiger partial charge is 0.480 e. The van der Waals surface area contributed by atoms with Gasteiger partial charge in [0.1, 0.15) is 5.75 Å². The zero-order valence-electron chi connectivity index (χ0n) is 10.7. The van der Waals surface area contributed by atoms with Gasteiger partial charge in [-0.25, -0.2) is 0 Å². The molecule has 0 fully saturated rings. The van der Waals surface area contributed by atoms with Crippen LogP contribution < -0.4 is 10.1 Å². The van der Waals surface area contributed by atoms with Crippen molar-refractivity contribution in [3.8, 4) is 5.75 Å². The monoisotopic (exact) mass is 301 g/mol. The van der Waals surface area contributed by atoms with Crippen molar-refractivity contribution < 1.29 is 22.7 Å². The lowest BCUT2D eigenvalue weighted by molar-refractivity contribution is -0.140. The average Bonchev–Trinajstić information content (AvgIpc) is 2.91. The molecule has 7 nitrogen and oxygen atoms in total. The summed E-state index contributed by atoms with van der Waals surface area (Å²) in [4.78, 5) is 11.7. The molecule has 1 amide bonds. The number of anilines is 1. The number of aromatic nitrogens is 4. The number of amides is 1. The Hall–Kier alpha value is -2.65. The Labute approximate surface area is 116 Å². The van der Waals surface area contributed by atoms with E-state index in [0.717, 1.165) is 12.1 Å². The van der Waals surface area contributed by atoms with E-state index in [2.05, 4.69) is 25.9 Å². The fourth-order valence-electron chi connectivity index (χ4n) is 1.47. The Morgan fingerprint density at radius 2 is 2.10 bits per heavy atom. The van der Waals surface area contributed by atoms with Gasteiger partial charge >= 0.3 is 6.18 Å². The van der Waals surface area contributed by atoms with Crippen molar-refractivity contribution >= 4 is 11.9 Å². The van der Waals surface area contributed by atoms with Crippen molar-refractivity contribution in [2.75, 3.05) is 5.32 Å². The van der Waals surface area contributed by atoms with Crippen LogP contribution in [0.2, 0.25) is 0 Å². The highest BCUT2D eigenvalue weighted by molar-refractivity contribution is 5.92. The first-order valence-corrected chi connectivity index (χ1v) is 5.75. The van der Waals surface area contributed by atoms with E-state index >= 15 is 0 Å². The zero-order chi connectivity index (χ0) is 15.5. The number of carbonyl (C=O) groups is 1. The van der Waals surface area contributed by atoms with Gasteiger partial charge in [0, 0.05) is 0 Å². The van der Waals surface area contributed by atoms with Gasteiger partial charge in [-0.05, 0) is 24.3 Å². The van der Waals surface area contributed by atoms with Crippen molar-refractivity contribution in [2.45, 2.75) is 19.2 Å². The number of ether oxygens (including phenoxy) is 1. The molecule has 0 spiro atoms. The molecule has 1 heterocycles. The van der Waals surface area contributed by atoms with Crippen LogP contribution in [0.25, 0.3) is 0 Å². The molecule has 2 N–H and O–H groups in total. The summed E-state index contributed by atoms with van der Waals surface area (Å²) in [5.41, 5.74) is -0.954. The normalized spacial score (nSPS) is 12.8. The molecule has 0 saturated carbocycles. The number of para-hydroxylation sites is 1. The highest BCUT2D eigenvalue weighted by atomic mass is 19.4. The van der Waals surface area contributed by atoms with E-state index in [-0.39, 0.29) is 5.95 Å². The molecule has 1 aromatic carbocycles. The van der Waals surface area contributed by atoms with Gasteiger partial charge in [0.15, 0.2) is 6.10 Å². The number of carbonyl (C=O) groups excluding carboxylic acids is 1. The minimum absolute atomic E-state index is 0.0976. The van der Waals surface area contributed by atoms with Gasteiger partial charge in [0.2, 0.25) is 0 Å². The Bertz CT molecular complexity index is 615. The van der Waals surface area contributed by atoms with Crippen LogP contribution in [0.5, 0.6) is 5.75 Å². The zero-order valence-corrected chi connectivity index (χ0v) is 10.7. The number of rotatable bonds is 4. The summed E-state index contributed by atoms with van der Waals surface area (Å²) >= 11 is 0. The van der Waals surface area contributed by atoms with Gasteiger partial charge in [-0.2, -0.15) is 18.4 Å². The maximum Gasteiger partial charge on any atom is 0.419 e. The minimum Gasteiger partial charge on any atom is -0.480 e. The van der Waals surface area contributed by atoms with Crippen LogP contribution in [0, 0.1) is 0 Å². The Morgan fingerprint density at radius 3 is 2.71 bits per heavy atom. The van der Waals surface area contributed by atoms with Gasteiger partial charge in [-0.15, -0.1) is 5.10 Å². The van der Waals surface area contributed by atoms with Crippen LogP contribution in [0.3, 0.4) is 0 Å². The van der Waals surface area contributed by atoms with E-state index in [4.69, 9.17) is 4.74 Å². The minimum atomic E-state index is -4.57. The third-order valence-corrected chi connectivity index (χ3v) is 2.45. The molecule has 21 heavy (non-hydrogen) atoms. The average molecular weight is 301 g/mol. The lowest BCUT2D eigenvalue weighted by Gasteiger charge is -2.17. The fraction of sp³-hybridized carbons (Fsp3) is 0.273. The molecule has 2 aromatic rings. The molecule has 2 rings (SSSR count). The number of aromatic amines is 1. The highest BCUT2D eigenvalue weighted by Crippen LogP contribution is 2.36. The first-order valence-electron chi connectivity index (χ1n) is 5.75. The number of benzene rings is 1. The van der Waals surface area contributed by atoms with Crippen LogP contribution in [0.15, 0.2) is 24.3 Å². The van der Waals surface area contributed by atoms with Crippen molar-refractivity contribution in [1.82, 2.24) is 20.6 Å². The van der Waals surface area contributed by atoms with Crippen molar-refractivity contribution in [2.24, 2.45) is 0 Å². The smallest absolute Gasteiger partial charge is 0.419 e. The summed E-state index contributed by atoms with van der Waals surface area (Å²) in [6, 6.07) is 4.63. The number of halogens is 3. The molecule has 0 aliphatic heterocycles. The van der Waals surface area contributed by atoms with Crippen LogP contribution in [-0.2, 0) is 11.0 Å². The third kappa shape index (κ3) is 3.68. The number of hydrogen-bond acceptors (Lipinski definition) is 5. The molecule has 1 atom stereocenters. The number of nitrogens with zero attached hydrogens (tertiary/aromatic N) is 3. The van der Waals surface area contributed by atoms with E-state index in [9.17, 15) is 18.0 Å². The van der Waals surface area contributed by atoms with Gasteiger partial charge in [0.05, 0.1) is 5.56 Å². The Balaban J connectivity index is 2.09. The molecular formula is C11H10F3N5O2. The van der Waals surface area contributed by atoms with Crippen LogP contribution in [0.4, 0.5) is 19.1 Å². The number of nitrogens with one attached hydrogen (secondary N) is 2. The molecule has 0 saturated heterocycles. The number of alkyl halides is 3. The van der Waals surface area contributed by atoms with Gasteiger partial charge < -0.3 is 4.74 Å². The van der Waals surface area contributed by atoms with E-state index in [1.807, 2.05) is 0 Å². The molecular weight excluding hydrogens is 291 g/mol. The van der Waals surface area contributed by atoms with Crippen LogP contribution in [0.1, 0.15) is 12.5 Å². The van der Waals surface area contributed by atoms with E-state index in [1.54, 1.807) is 0 Å². The van der Waals surface area contributed by atoms with Crippen LogP contribution in [-0.4, -0.2) is 32.6 Å². The summed E-state index contributed by atoms with van der Waals surface area (Å²) in [5, 5.41) is 14.6. The molecule has 0 bridgehead atoms. The summed E-state index contributed by atoms with van der Waals surface area (Å²) in [6.45, 7) is 1.31. The lowest BCUT2D eigenvalue weighted by Crippen LogP contribution is -2.31. The topological polar surface area (TPSA) is 92.8 Å². The first-order chi connectivity index (χ1) is 9.88. The number of tetrazole rings is 1. The molecule has 0 radical (unpaired) electrons. The van der Waals surface area contributed by atoms with Crippen molar-refractivity contribution in [1.29, 1.82) is 0 Å². The van der Waals surface area contributed by atoms with Gasteiger partial charge in [0.25, 0.3) is 11.9 Å². The summed E-state index contributed by atoms with van der Waals surface area (Å²) in [7, 11) is 0. The highest BCUT2D eigenvalue weighted by Gasteiger charge is 2.34. The molecule has 1 aromatic heterocycles.